The van der Waals surface area contributed by atoms with E-state index in [9.17, 15) is 0 Å². The molecule has 9 heavy (non-hydrogen) atoms. The van der Waals surface area contributed by atoms with Gasteiger partial charge in [0, 0.05) is 17.4 Å². The number of hydrogen-bond acceptors (Lipinski definition) is 0. The van der Waals surface area contributed by atoms with Crippen LogP contribution in [-0.2, 0) is 0 Å². The summed E-state index contributed by atoms with van der Waals surface area (Å²) in [6.45, 7) is 0. The molecular weight excluding hydrogens is 354 g/mol. The zero-order valence-corrected chi connectivity index (χ0v) is 11.3. The SMILES string of the molecule is [SiH3]c1cc(I)cc(I)c1. The Balaban J connectivity index is 3.17. The van der Waals surface area contributed by atoms with Crippen LogP contribution in [-0.4, -0.2) is 10.2 Å². The van der Waals surface area contributed by atoms with E-state index < -0.39 is 0 Å². The van der Waals surface area contributed by atoms with Crippen LogP contribution >= 0.6 is 45.2 Å². The highest BCUT2D eigenvalue weighted by Crippen LogP contribution is 2.07. The molecule has 0 radical (unpaired) electrons. The Kier molecular flexibility index (Phi) is 2.96. The third-order valence-corrected chi connectivity index (χ3v) is 2.83. The molecule has 0 saturated carbocycles. The summed E-state index contributed by atoms with van der Waals surface area (Å²) in [6.07, 6.45) is 0. The molecule has 0 nitrogen and oxygen atoms in total. The minimum atomic E-state index is 1.16. The van der Waals surface area contributed by atoms with Gasteiger partial charge in [0.1, 0.15) is 0 Å². The molecule has 0 aliphatic carbocycles. The lowest BCUT2D eigenvalue weighted by Gasteiger charge is -1.94. The van der Waals surface area contributed by atoms with Gasteiger partial charge in [0.25, 0.3) is 0 Å². The molecule has 0 fully saturated rings. The summed E-state index contributed by atoms with van der Waals surface area (Å²) in [5.74, 6) is 0. The summed E-state index contributed by atoms with van der Waals surface area (Å²) in [5.41, 5.74) is 0. The minimum absolute atomic E-state index is 1.16. The molecule has 0 atom stereocenters. The summed E-state index contributed by atoms with van der Waals surface area (Å²) in [6, 6.07) is 6.65. The van der Waals surface area contributed by atoms with Crippen molar-refractivity contribution >= 4 is 60.6 Å². The molecule has 0 aliphatic heterocycles. The van der Waals surface area contributed by atoms with Crippen molar-refractivity contribution in [1.29, 1.82) is 0 Å². The summed E-state index contributed by atoms with van der Waals surface area (Å²) in [7, 11) is 1.16. The van der Waals surface area contributed by atoms with E-state index in [0.29, 0.717) is 0 Å². The predicted octanol–water partition coefficient (Wildman–Crippen LogP) is 0.886. The van der Waals surface area contributed by atoms with E-state index in [0.717, 1.165) is 10.2 Å². The number of halogens is 2. The third kappa shape index (κ3) is 2.54. The molecule has 0 aromatic heterocycles. The molecule has 0 heterocycles. The van der Waals surface area contributed by atoms with Crippen LogP contribution in [0.15, 0.2) is 18.2 Å². The summed E-state index contributed by atoms with van der Waals surface area (Å²) in [4.78, 5) is 0. The second-order valence-corrected chi connectivity index (χ2v) is 5.59. The quantitative estimate of drug-likeness (QED) is 0.476. The van der Waals surface area contributed by atoms with Gasteiger partial charge in [-0.15, -0.1) is 0 Å². The average Bonchev–Trinajstić information content (AvgIpc) is 1.59. The topological polar surface area (TPSA) is 0 Å². The normalized spacial score (nSPS) is 10.0. The lowest BCUT2D eigenvalue weighted by molar-refractivity contribution is 1.64. The lowest BCUT2D eigenvalue weighted by Crippen LogP contribution is -2.02. The first-order valence-corrected chi connectivity index (χ1v) is 5.77. The van der Waals surface area contributed by atoms with Crippen molar-refractivity contribution in [2.45, 2.75) is 0 Å². The second-order valence-electron chi connectivity index (χ2n) is 1.95. The maximum absolute atomic E-state index is 2.35. The van der Waals surface area contributed by atoms with Gasteiger partial charge >= 0.3 is 0 Å². The predicted molar refractivity (Wildman–Crippen MR) is 61.4 cm³/mol. The van der Waals surface area contributed by atoms with E-state index in [1.807, 2.05) is 0 Å². The molecule has 0 N–H and O–H groups in total. The van der Waals surface area contributed by atoms with Gasteiger partial charge in [-0.2, -0.15) is 0 Å². The maximum atomic E-state index is 2.35. The molecule has 0 unspecified atom stereocenters. The molecule has 0 spiro atoms. The first-order chi connectivity index (χ1) is 4.18. The molecule has 0 saturated heterocycles. The van der Waals surface area contributed by atoms with Crippen LogP contribution in [0.5, 0.6) is 0 Å². The van der Waals surface area contributed by atoms with Crippen LogP contribution in [0, 0.1) is 7.14 Å². The van der Waals surface area contributed by atoms with E-state index in [1.54, 1.807) is 0 Å². The number of benzene rings is 1. The fraction of sp³-hybridized carbons (Fsp3) is 0. The Hall–Kier alpha value is 0.897. The molecule has 1 aromatic carbocycles. The van der Waals surface area contributed by atoms with E-state index in [2.05, 4.69) is 63.4 Å². The zero-order chi connectivity index (χ0) is 6.85. The highest BCUT2D eigenvalue weighted by atomic mass is 127. The molecule has 48 valence electrons. The summed E-state index contributed by atoms with van der Waals surface area (Å²) < 4.78 is 2.70. The second kappa shape index (κ2) is 3.34. The van der Waals surface area contributed by atoms with E-state index in [-0.39, 0.29) is 0 Å². The Bertz CT molecular complexity index is 172. The molecule has 1 rings (SSSR count). The van der Waals surface area contributed by atoms with Crippen LogP contribution in [0.2, 0.25) is 0 Å². The van der Waals surface area contributed by atoms with Crippen molar-refractivity contribution in [2.75, 3.05) is 0 Å². The molecule has 1 aromatic rings. The van der Waals surface area contributed by atoms with Gasteiger partial charge in [0.05, 0.1) is 0 Å². The molecular formula is C6H6I2Si. The molecule has 0 amide bonds. The van der Waals surface area contributed by atoms with Gasteiger partial charge < -0.3 is 0 Å². The van der Waals surface area contributed by atoms with Crippen molar-refractivity contribution in [3.05, 3.63) is 25.3 Å². The van der Waals surface area contributed by atoms with Gasteiger partial charge in [-0.1, -0.05) is 17.3 Å². The monoisotopic (exact) mass is 360 g/mol. The highest BCUT2D eigenvalue weighted by molar-refractivity contribution is 14.1. The molecule has 0 bridgehead atoms. The van der Waals surface area contributed by atoms with Crippen LogP contribution in [0.3, 0.4) is 0 Å². The first-order valence-electron chi connectivity index (χ1n) is 2.61. The third-order valence-electron chi connectivity index (χ3n) is 1.01. The Morgan fingerprint density at radius 1 is 1.00 bits per heavy atom. The van der Waals surface area contributed by atoms with E-state index in [4.69, 9.17) is 0 Å². The van der Waals surface area contributed by atoms with Crippen molar-refractivity contribution in [2.24, 2.45) is 0 Å². The van der Waals surface area contributed by atoms with Gasteiger partial charge in [0.2, 0.25) is 0 Å². The Labute approximate surface area is 85.1 Å². The fourth-order valence-corrected chi connectivity index (χ4v) is 4.74. The highest BCUT2D eigenvalue weighted by Gasteiger charge is 1.90. The van der Waals surface area contributed by atoms with Crippen LogP contribution in [0.25, 0.3) is 0 Å². The first kappa shape index (κ1) is 8.00. The van der Waals surface area contributed by atoms with Crippen LogP contribution < -0.4 is 5.19 Å². The van der Waals surface area contributed by atoms with Crippen LogP contribution in [0.4, 0.5) is 0 Å². The Morgan fingerprint density at radius 2 is 1.44 bits per heavy atom. The maximum Gasteiger partial charge on any atom is 0.0385 e. The largest absolute Gasteiger partial charge is 0.0687 e. The number of rotatable bonds is 0. The fourth-order valence-electron chi connectivity index (χ4n) is 0.692. The smallest absolute Gasteiger partial charge is 0.0385 e. The molecule has 0 aliphatic rings. The standard InChI is InChI=1S/C6H6I2Si/c7-4-1-5(8)3-6(9)2-4/h1-3H,9H3. The zero-order valence-electron chi connectivity index (χ0n) is 4.99. The minimum Gasteiger partial charge on any atom is -0.0687 e. The average molecular weight is 360 g/mol. The van der Waals surface area contributed by atoms with Gasteiger partial charge in [-0.25, -0.2) is 0 Å². The Morgan fingerprint density at radius 3 is 1.78 bits per heavy atom. The lowest BCUT2D eigenvalue weighted by atomic mass is 10.4. The molecule has 3 heteroatoms. The summed E-state index contributed by atoms with van der Waals surface area (Å²) >= 11 is 4.70. The van der Waals surface area contributed by atoms with Crippen molar-refractivity contribution in [3.8, 4) is 0 Å². The van der Waals surface area contributed by atoms with E-state index in [1.165, 1.54) is 12.3 Å². The number of hydrogen-bond donors (Lipinski definition) is 0. The van der Waals surface area contributed by atoms with Crippen molar-refractivity contribution in [1.82, 2.24) is 0 Å². The summed E-state index contributed by atoms with van der Waals surface area (Å²) in [5, 5.41) is 1.48. The van der Waals surface area contributed by atoms with Crippen molar-refractivity contribution in [3.63, 3.8) is 0 Å². The van der Waals surface area contributed by atoms with Crippen molar-refractivity contribution < 1.29 is 0 Å². The van der Waals surface area contributed by atoms with Gasteiger partial charge in [-0.3, -0.25) is 0 Å². The van der Waals surface area contributed by atoms with Gasteiger partial charge in [0.15, 0.2) is 0 Å². The van der Waals surface area contributed by atoms with E-state index >= 15 is 0 Å². The van der Waals surface area contributed by atoms with Crippen LogP contribution in [0.1, 0.15) is 0 Å². The van der Waals surface area contributed by atoms with Gasteiger partial charge in [-0.05, 0) is 51.2 Å².